The Morgan fingerprint density at radius 3 is 2.31 bits per heavy atom. The zero-order valence-corrected chi connectivity index (χ0v) is 9.48. The lowest BCUT2D eigenvalue weighted by molar-refractivity contribution is -0.121. The molecule has 13 heavy (non-hydrogen) atoms. The molecule has 0 fully saturated rings. The summed E-state index contributed by atoms with van der Waals surface area (Å²) < 4.78 is 0. The standard InChI is InChI=1S/C10H22N2O/c1-6-7-9(13)11-8-10(2,3)12(4)5/h6-8H2,1-5H3,(H,11,13). The zero-order chi connectivity index (χ0) is 10.5. The van der Waals surface area contributed by atoms with Gasteiger partial charge in [-0.15, -0.1) is 0 Å². The van der Waals surface area contributed by atoms with Crippen LogP contribution in [0.2, 0.25) is 0 Å². The predicted molar refractivity (Wildman–Crippen MR) is 55.7 cm³/mol. The van der Waals surface area contributed by atoms with E-state index in [0.717, 1.165) is 6.42 Å². The number of hydrogen-bond donors (Lipinski definition) is 1. The second-order valence-corrected chi connectivity index (χ2v) is 4.23. The smallest absolute Gasteiger partial charge is 0.220 e. The van der Waals surface area contributed by atoms with Crippen molar-refractivity contribution in [3.8, 4) is 0 Å². The number of hydrogen-bond acceptors (Lipinski definition) is 2. The largest absolute Gasteiger partial charge is 0.354 e. The second-order valence-electron chi connectivity index (χ2n) is 4.23. The summed E-state index contributed by atoms with van der Waals surface area (Å²) in [5, 5.41) is 2.92. The lowest BCUT2D eigenvalue weighted by Crippen LogP contribution is -2.48. The fraction of sp³-hybridized carbons (Fsp3) is 0.900. The van der Waals surface area contributed by atoms with Crippen molar-refractivity contribution < 1.29 is 4.79 Å². The maximum atomic E-state index is 11.2. The highest BCUT2D eigenvalue weighted by Gasteiger charge is 2.20. The molecule has 1 amide bonds. The van der Waals surface area contributed by atoms with E-state index in [4.69, 9.17) is 0 Å². The van der Waals surface area contributed by atoms with Crippen LogP contribution in [0.25, 0.3) is 0 Å². The first-order chi connectivity index (χ1) is 5.90. The molecule has 0 aliphatic heterocycles. The lowest BCUT2D eigenvalue weighted by Gasteiger charge is -2.32. The highest BCUT2D eigenvalue weighted by Crippen LogP contribution is 2.07. The molecule has 0 aromatic carbocycles. The predicted octanol–water partition coefficient (Wildman–Crippen LogP) is 1.24. The summed E-state index contributed by atoms with van der Waals surface area (Å²) >= 11 is 0. The monoisotopic (exact) mass is 186 g/mol. The van der Waals surface area contributed by atoms with Gasteiger partial charge in [-0.05, 0) is 34.4 Å². The highest BCUT2D eigenvalue weighted by atomic mass is 16.1. The fourth-order valence-corrected chi connectivity index (χ4v) is 0.788. The van der Waals surface area contributed by atoms with Crippen LogP contribution >= 0.6 is 0 Å². The van der Waals surface area contributed by atoms with E-state index in [2.05, 4.69) is 24.1 Å². The Morgan fingerprint density at radius 2 is 1.92 bits per heavy atom. The summed E-state index contributed by atoms with van der Waals surface area (Å²) in [5.41, 5.74) is 0.0312. The zero-order valence-electron chi connectivity index (χ0n) is 9.48. The van der Waals surface area contributed by atoms with Crippen LogP contribution in [0.4, 0.5) is 0 Å². The number of rotatable bonds is 5. The summed E-state index contributed by atoms with van der Waals surface area (Å²) in [6.07, 6.45) is 1.54. The van der Waals surface area contributed by atoms with E-state index in [1.165, 1.54) is 0 Å². The van der Waals surface area contributed by atoms with E-state index in [1.54, 1.807) is 0 Å². The molecule has 0 radical (unpaired) electrons. The average molecular weight is 186 g/mol. The molecule has 3 heteroatoms. The molecule has 0 rings (SSSR count). The van der Waals surface area contributed by atoms with Crippen LogP contribution in [0.5, 0.6) is 0 Å². The molecule has 0 aromatic rings. The molecule has 0 heterocycles. The number of carbonyl (C=O) groups is 1. The van der Waals surface area contributed by atoms with Gasteiger partial charge in [0.1, 0.15) is 0 Å². The molecular formula is C10H22N2O. The van der Waals surface area contributed by atoms with Gasteiger partial charge in [0, 0.05) is 18.5 Å². The summed E-state index contributed by atoms with van der Waals surface area (Å²) in [5.74, 6) is 0.150. The molecule has 0 spiro atoms. The van der Waals surface area contributed by atoms with Crippen molar-refractivity contribution in [1.29, 1.82) is 0 Å². The second kappa shape index (κ2) is 5.22. The minimum absolute atomic E-state index is 0.0312. The Morgan fingerprint density at radius 1 is 1.38 bits per heavy atom. The first-order valence-electron chi connectivity index (χ1n) is 4.84. The molecule has 1 N–H and O–H groups in total. The van der Waals surface area contributed by atoms with E-state index >= 15 is 0 Å². The summed E-state index contributed by atoms with van der Waals surface area (Å²) in [6.45, 7) is 6.94. The Bertz CT molecular complexity index is 164. The molecule has 0 saturated carbocycles. The maximum absolute atomic E-state index is 11.2. The molecule has 0 aliphatic rings. The number of nitrogens with zero attached hydrogens (tertiary/aromatic N) is 1. The van der Waals surface area contributed by atoms with Gasteiger partial charge < -0.3 is 10.2 Å². The van der Waals surface area contributed by atoms with Crippen LogP contribution in [0.15, 0.2) is 0 Å². The molecule has 0 aromatic heterocycles. The van der Waals surface area contributed by atoms with Crippen molar-refractivity contribution >= 4 is 5.91 Å². The molecule has 0 bridgehead atoms. The minimum Gasteiger partial charge on any atom is -0.354 e. The molecule has 0 unspecified atom stereocenters. The van der Waals surface area contributed by atoms with Crippen molar-refractivity contribution in [1.82, 2.24) is 10.2 Å². The topological polar surface area (TPSA) is 32.3 Å². The van der Waals surface area contributed by atoms with Crippen molar-refractivity contribution in [3.05, 3.63) is 0 Å². The van der Waals surface area contributed by atoms with Crippen LogP contribution in [0, 0.1) is 0 Å². The number of likely N-dealkylation sites (N-methyl/N-ethyl adjacent to an activating group) is 1. The van der Waals surface area contributed by atoms with Gasteiger partial charge >= 0.3 is 0 Å². The van der Waals surface area contributed by atoms with Crippen LogP contribution in [-0.2, 0) is 4.79 Å². The van der Waals surface area contributed by atoms with E-state index in [1.807, 2.05) is 21.0 Å². The Labute approximate surface area is 81.5 Å². The van der Waals surface area contributed by atoms with Crippen molar-refractivity contribution in [3.63, 3.8) is 0 Å². The van der Waals surface area contributed by atoms with Gasteiger partial charge in [0.2, 0.25) is 5.91 Å². The van der Waals surface area contributed by atoms with Gasteiger partial charge in [0.15, 0.2) is 0 Å². The van der Waals surface area contributed by atoms with Gasteiger partial charge in [-0.25, -0.2) is 0 Å². The highest BCUT2D eigenvalue weighted by molar-refractivity contribution is 5.75. The molecule has 0 saturated heterocycles. The van der Waals surface area contributed by atoms with Gasteiger partial charge in [-0.1, -0.05) is 6.92 Å². The summed E-state index contributed by atoms with van der Waals surface area (Å²) in [4.78, 5) is 13.3. The average Bonchev–Trinajstić information content (AvgIpc) is 2.01. The quantitative estimate of drug-likeness (QED) is 0.700. The van der Waals surface area contributed by atoms with E-state index in [9.17, 15) is 4.79 Å². The van der Waals surface area contributed by atoms with Crippen molar-refractivity contribution in [2.75, 3.05) is 20.6 Å². The minimum atomic E-state index is 0.0312. The number of amides is 1. The Hall–Kier alpha value is -0.570. The third kappa shape index (κ3) is 4.88. The van der Waals surface area contributed by atoms with E-state index in [0.29, 0.717) is 13.0 Å². The molecule has 0 atom stereocenters. The van der Waals surface area contributed by atoms with Gasteiger partial charge in [0.05, 0.1) is 0 Å². The normalized spacial score (nSPS) is 11.8. The van der Waals surface area contributed by atoms with Crippen molar-refractivity contribution in [2.24, 2.45) is 0 Å². The van der Waals surface area contributed by atoms with E-state index < -0.39 is 0 Å². The Balaban J connectivity index is 3.81. The molecular weight excluding hydrogens is 164 g/mol. The van der Waals surface area contributed by atoms with Crippen LogP contribution in [-0.4, -0.2) is 37.0 Å². The summed E-state index contributed by atoms with van der Waals surface area (Å²) in [7, 11) is 4.04. The first-order valence-corrected chi connectivity index (χ1v) is 4.84. The van der Waals surface area contributed by atoms with Crippen LogP contribution in [0.3, 0.4) is 0 Å². The van der Waals surface area contributed by atoms with Crippen molar-refractivity contribution in [2.45, 2.75) is 39.2 Å². The summed E-state index contributed by atoms with van der Waals surface area (Å²) in [6, 6.07) is 0. The third-order valence-corrected chi connectivity index (χ3v) is 2.41. The van der Waals surface area contributed by atoms with Crippen LogP contribution in [0.1, 0.15) is 33.6 Å². The third-order valence-electron chi connectivity index (χ3n) is 2.41. The van der Waals surface area contributed by atoms with Crippen LogP contribution < -0.4 is 5.32 Å². The van der Waals surface area contributed by atoms with Gasteiger partial charge in [-0.2, -0.15) is 0 Å². The number of nitrogens with one attached hydrogen (secondary N) is 1. The molecule has 78 valence electrons. The maximum Gasteiger partial charge on any atom is 0.220 e. The molecule has 3 nitrogen and oxygen atoms in total. The SMILES string of the molecule is CCCC(=O)NCC(C)(C)N(C)C. The fourth-order valence-electron chi connectivity index (χ4n) is 0.788. The van der Waals surface area contributed by atoms with E-state index in [-0.39, 0.29) is 11.4 Å². The lowest BCUT2D eigenvalue weighted by atomic mass is 10.0. The van der Waals surface area contributed by atoms with Gasteiger partial charge in [0.25, 0.3) is 0 Å². The number of carbonyl (C=O) groups excluding carboxylic acids is 1. The molecule has 0 aliphatic carbocycles. The Kier molecular flexibility index (Phi) is 4.99. The first kappa shape index (κ1) is 12.4. The van der Waals surface area contributed by atoms with Gasteiger partial charge in [-0.3, -0.25) is 4.79 Å².